The van der Waals surface area contributed by atoms with Crippen molar-refractivity contribution in [3.63, 3.8) is 0 Å². The fraction of sp³-hybridized carbons (Fsp3) is 0.292. The van der Waals surface area contributed by atoms with Gasteiger partial charge in [0.05, 0.1) is 23.5 Å². The summed E-state index contributed by atoms with van der Waals surface area (Å²) in [7, 11) is -3.61. The SMILES string of the molecule is Cc1cc(COc2ccc(C3=NOC(C(CC(=O)NO)NS(C)(=O)=O)C3)cc2)c2ccccc2n1. The number of ether oxygens (including phenoxy) is 1. The topological polar surface area (TPSA) is 139 Å². The Labute approximate surface area is 203 Å². The summed E-state index contributed by atoms with van der Waals surface area (Å²) in [4.78, 5) is 21.6. The van der Waals surface area contributed by atoms with Crippen LogP contribution in [-0.2, 0) is 26.3 Å². The second-order valence-corrected chi connectivity index (χ2v) is 10.2. The number of sulfonamides is 1. The Kier molecular flexibility index (Phi) is 7.29. The van der Waals surface area contributed by atoms with E-state index in [4.69, 9.17) is 14.8 Å². The number of para-hydroxylation sites is 1. The van der Waals surface area contributed by atoms with Crippen molar-refractivity contribution in [1.29, 1.82) is 0 Å². The Hall–Kier alpha value is -3.54. The van der Waals surface area contributed by atoms with Crippen LogP contribution < -0.4 is 14.9 Å². The molecule has 0 spiro atoms. The third kappa shape index (κ3) is 6.32. The average molecular weight is 499 g/mol. The predicted octanol–water partition coefficient (Wildman–Crippen LogP) is 2.43. The van der Waals surface area contributed by atoms with Crippen LogP contribution in [0.25, 0.3) is 10.9 Å². The van der Waals surface area contributed by atoms with E-state index in [-0.39, 0.29) is 12.8 Å². The van der Waals surface area contributed by atoms with Crippen molar-refractivity contribution in [1.82, 2.24) is 15.2 Å². The minimum Gasteiger partial charge on any atom is -0.489 e. The van der Waals surface area contributed by atoms with Gasteiger partial charge in [0.15, 0.2) is 0 Å². The van der Waals surface area contributed by atoms with Crippen molar-refractivity contribution < 1.29 is 28.0 Å². The van der Waals surface area contributed by atoms with Gasteiger partial charge in [-0.3, -0.25) is 15.0 Å². The molecule has 1 aliphatic rings. The standard InChI is InChI=1S/C24H26N4O6S/c1-15-11-17(19-5-3-4-6-20(19)25-15)14-33-18-9-7-16(8-10-18)21-12-23(34-27-21)22(13-24(29)26-30)28-35(2,31)32/h3-11,22-23,28,30H,12-14H2,1-2H3,(H,26,29). The highest BCUT2D eigenvalue weighted by Gasteiger charge is 2.33. The van der Waals surface area contributed by atoms with Gasteiger partial charge in [0.1, 0.15) is 18.5 Å². The van der Waals surface area contributed by atoms with Crippen LogP contribution in [0.5, 0.6) is 5.75 Å². The molecule has 3 aromatic rings. The van der Waals surface area contributed by atoms with Crippen LogP contribution in [0.4, 0.5) is 0 Å². The van der Waals surface area contributed by atoms with E-state index in [1.165, 1.54) is 5.48 Å². The van der Waals surface area contributed by atoms with E-state index in [1.54, 1.807) is 0 Å². The van der Waals surface area contributed by atoms with Crippen LogP contribution >= 0.6 is 0 Å². The highest BCUT2D eigenvalue weighted by atomic mass is 32.2. The molecule has 1 amide bonds. The van der Waals surface area contributed by atoms with Gasteiger partial charge in [0, 0.05) is 29.5 Å². The van der Waals surface area contributed by atoms with Crippen LogP contribution in [0, 0.1) is 6.92 Å². The Morgan fingerprint density at radius 3 is 2.69 bits per heavy atom. The molecular formula is C24H26N4O6S. The summed E-state index contributed by atoms with van der Waals surface area (Å²) in [5.74, 6) is -0.0542. The van der Waals surface area contributed by atoms with E-state index < -0.39 is 28.1 Å². The van der Waals surface area contributed by atoms with Crippen LogP contribution in [0.2, 0.25) is 0 Å². The minimum absolute atomic E-state index is 0.286. The summed E-state index contributed by atoms with van der Waals surface area (Å²) < 4.78 is 31.8. The number of fused-ring (bicyclic) bond motifs is 1. The van der Waals surface area contributed by atoms with Crippen LogP contribution in [0.1, 0.15) is 29.7 Å². The number of hydroxylamine groups is 1. The largest absolute Gasteiger partial charge is 0.489 e. The molecule has 0 radical (unpaired) electrons. The van der Waals surface area contributed by atoms with Crippen molar-refractivity contribution >= 4 is 32.5 Å². The maximum Gasteiger partial charge on any atom is 0.245 e. The van der Waals surface area contributed by atoms with Crippen LogP contribution in [-0.4, -0.2) is 48.6 Å². The number of carbonyl (C=O) groups is 1. The molecule has 2 aromatic carbocycles. The van der Waals surface area contributed by atoms with E-state index in [9.17, 15) is 13.2 Å². The lowest BCUT2D eigenvalue weighted by molar-refractivity contribution is -0.130. The van der Waals surface area contributed by atoms with Gasteiger partial charge in [-0.1, -0.05) is 23.4 Å². The van der Waals surface area contributed by atoms with E-state index in [1.807, 2.05) is 61.5 Å². The Balaban J connectivity index is 1.41. The van der Waals surface area contributed by atoms with Crippen molar-refractivity contribution in [2.75, 3.05) is 6.26 Å². The van der Waals surface area contributed by atoms with Crippen molar-refractivity contribution in [3.8, 4) is 5.75 Å². The van der Waals surface area contributed by atoms with Gasteiger partial charge in [-0.25, -0.2) is 18.6 Å². The summed E-state index contributed by atoms with van der Waals surface area (Å²) in [6, 6.07) is 16.4. The molecular weight excluding hydrogens is 472 g/mol. The zero-order chi connectivity index (χ0) is 25.0. The van der Waals surface area contributed by atoms with E-state index in [2.05, 4.69) is 14.9 Å². The number of benzene rings is 2. The summed E-state index contributed by atoms with van der Waals surface area (Å²) in [5, 5.41) is 13.9. The van der Waals surface area contributed by atoms with Gasteiger partial charge in [-0.2, -0.15) is 0 Å². The Morgan fingerprint density at radius 1 is 1.23 bits per heavy atom. The first kappa shape index (κ1) is 24.6. The monoisotopic (exact) mass is 498 g/mol. The normalized spacial score (nSPS) is 16.4. The molecule has 2 heterocycles. The Morgan fingerprint density at radius 2 is 1.97 bits per heavy atom. The summed E-state index contributed by atoms with van der Waals surface area (Å²) >= 11 is 0. The lowest BCUT2D eigenvalue weighted by atomic mass is 9.99. The Bertz CT molecular complexity index is 1360. The molecule has 0 aliphatic carbocycles. The number of nitrogens with one attached hydrogen (secondary N) is 2. The highest BCUT2D eigenvalue weighted by Crippen LogP contribution is 2.24. The second kappa shape index (κ2) is 10.4. The van der Waals surface area contributed by atoms with Gasteiger partial charge in [-0.05, 0) is 48.9 Å². The fourth-order valence-corrected chi connectivity index (χ4v) is 4.76. The number of aryl methyl sites for hydroxylation is 1. The van der Waals surface area contributed by atoms with Gasteiger partial charge in [-0.15, -0.1) is 0 Å². The summed E-state index contributed by atoms with van der Waals surface area (Å²) in [6.07, 6.45) is 0.278. The first-order chi connectivity index (χ1) is 16.7. The molecule has 2 atom stereocenters. The molecule has 0 saturated heterocycles. The molecule has 0 saturated carbocycles. The number of hydrogen-bond donors (Lipinski definition) is 3. The zero-order valence-electron chi connectivity index (χ0n) is 19.3. The minimum atomic E-state index is -3.61. The van der Waals surface area contributed by atoms with Crippen molar-refractivity contribution in [3.05, 3.63) is 71.4 Å². The number of nitrogens with zero attached hydrogens (tertiary/aromatic N) is 2. The predicted molar refractivity (Wildman–Crippen MR) is 130 cm³/mol. The number of oxime groups is 1. The molecule has 10 nitrogen and oxygen atoms in total. The third-order valence-electron chi connectivity index (χ3n) is 5.55. The first-order valence-corrected chi connectivity index (χ1v) is 12.8. The molecule has 35 heavy (non-hydrogen) atoms. The first-order valence-electron chi connectivity index (χ1n) is 10.9. The van der Waals surface area contributed by atoms with Gasteiger partial charge in [0.25, 0.3) is 0 Å². The van der Waals surface area contributed by atoms with Crippen LogP contribution in [0.3, 0.4) is 0 Å². The van der Waals surface area contributed by atoms with Crippen molar-refractivity contribution in [2.24, 2.45) is 5.16 Å². The molecule has 0 bridgehead atoms. The molecule has 3 N–H and O–H groups in total. The van der Waals surface area contributed by atoms with E-state index >= 15 is 0 Å². The highest BCUT2D eigenvalue weighted by molar-refractivity contribution is 7.88. The van der Waals surface area contributed by atoms with Crippen LogP contribution in [0.15, 0.2) is 59.8 Å². The molecule has 1 aromatic heterocycles. The fourth-order valence-electron chi connectivity index (χ4n) is 3.97. The maximum absolute atomic E-state index is 11.7. The lowest BCUT2D eigenvalue weighted by Gasteiger charge is -2.21. The number of hydrogen-bond acceptors (Lipinski definition) is 8. The number of aromatic nitrogens is 1. The molecule has 4 rings (SSSR count). The van der Waals surface area contributed by atoms with E-state index in [0.717, 1.165) is 34.0 Å². The quantitative estimate of drug-likeness (QED) is 0.304. The third-order valence-corrected chi connectivity index (χ3v) is 6.28. The lowest BCUT2D eigenvalue weighted by Crippen LogP contribution is -2.45. The average Bonchev–Trinajstić information content (AvgIpc) is 3.32. The molecule has 1 aliphatic heterocycles. The number of rotatable bonds is 9. The molecule has 11 heteroatoms. The number of pyridine rings is 1. The van der Waals surface area contributed by atoms with E-state index in [0.29, 0.717) is 18.1 Å². The molecule has 2 unspecified atom stereocenters. The number of amides is 1. The second-order valence-electron chi connectivity index (χ2n) is 8.37. The number of carbonyl (C=O) groups excluding carboxylic acids is 1. The van der Waals surface area contributed by atoms with Gasteiger partial charge in [0.2, 0.25) is 15.9 Å². The molecule has 0 fully saturated rings. The van der Waals surface area contributed by atoms with Gasteiger partial charge < -0.3 is 9.57 Å². The zero-order valence-corrected chi connectivity index (χ0v) is 20.1. The summed E-state index contributed by atoms with van der Waals surface area (Å²) in [6.45, 7) is 2.34. The smallest absolute Gasteiger partial charge is 0.245 e. The molecule has 184 valence electrons. The maximum atomic E-state index is 11.7. The van der Waals surface area contributed by atoms with Crippen molar-refractivity contribution in [2.45, 2.75) is 38.5 Å². The summed E-state index contributed by atoms with van der Waals surface area (Å²) in [5.41, 5.74) is 5.80. The van der Waals surface area contributed by atoms with Gasteiger partial charge >= 0.3 is 0 Å².